The Hall–Kier alpha value is -3.26. The topological polar surface area (TPSA) is 83.1 Å². The van der Waals surface area contributed by atoms with Crippen LogP contribution in [0, 0.1) is 0 Å². The van der Waals surface area contributed by atoms with Crippen LogP contribution in [0.25, 0.3) is 0 Å². The van der Waals surface area contributed by atoms with Crippen LogP contribution in [0.15, 0.2) is 48.5 Å². The molecule has 0 fully saturated rings. The lowest BCUT2D eigenvalue weighted by Gasteiger charge is -2.20. The van der Waals surface area contributed by atoms with E-state index in [1.54, 1.807) is 30.1 Å². The molecule has 0 unspecified atom stereocenters. The summed E-state index contributed by atoms with van der Waals surface area (Å²) >= 11 is 0. The Morgan fingerprint density at radius 3 is 2.24 bits per heavy atom. The molecule has 0 bridgehead atoms. The molecule has 2 aromatic carbocycles. The van der Waals surface area contributed by atoms with E-state index in [4.69, 9.17) is 9.47 Å². The number of para-hydroxylation sites is 1. The molecule has 8 heteroatoms. The number of benzene rings is 2. The zero-order valence-electron chi connectivity index (χ0n) is 20.1. The molecule has 0 saturated carbocycles. The highest BCUT2D eigenvalue weighted by molar-refractivity contribution is 5.93. The molecule has 2 rings (SSSR count). The first kappa shape index (κ1) is 26.0. The second-order valence-electron chi connectivity index (χ2n) is 7.71. The van der Waals surface area contributed by atoms with Gasteiger partial charge in [0.15, 0.2) is 11.5 Å². The number of amides is 2. The van der Waals surface area contributed by atoms with Crippen molar-refractivity contribution in [1.29, 1.82) is 0 Å². The number of nitrogens with one attached hydrogen (secondary N) is 2. The molecular weight excluding hydrogens is 420 g/mol. The lowest BCUT2D eigenvalue weighted by Crippen LogP contribution is -2.39. The molecule has 2 aromatic rings. The predicted molar refractivity (Wildman–Crippen MR) is 132 cm³/mol. The van der Waals surface area contributed by atoms with Crippen molar-refractivity contribution in [1.82, 2.24) is 10.2 Å². The molecule has 0 spiro atoms. The van der Waals surface area contributed by atoms with E-state index < -0.39 is 0 Å². The molecule has 0 aliphatic heterocycles. The van der Waals surface area contributed by atoms with Crippen molar-refractivity contribution < 1.29 is 19.1 Å². The minimum Gasteiger partial charge on any atom is -0.490 e. The van der Waals surface area contributed by atoms with Gasteiger partial charge < -0.3 is 25.0 Å². The Bertz CT molecular complexity index is 876. The van der Waals surface area contributed by atoms with Crippen LogP contribution in [-0.4, -0.2) is 70.2 Å². The molecule has 8 nitrogen and oxygen atoms in total. The van der Waals surface area contributed by atoms with Crippen molar-refractivity contribution in [3.63, 3.8) is 0 Å². The number of carbonyl (C=O) groups is 2. The largest absolute Gasteiger partial charge is 0.490 e. The minimum atomic E-state index is -0.207. The summed E-state index contributed by atoms with van der Waals surface area (Å²) in [5, 5.41) is 5.75. The van der Waals surface area contributed by atoms with Gasteiger partial charge >= 0.3 is 0 Å². The fourth-order valence-electron chi connectivity index (χ4n) is 3.29. The minimum absolute atomic E-state index is 0.0986. The summed E-state index contributed by atoms with van der Waals surface area (Å²) in [7, 11) is 3.78. The van der Waals surface area contributed by atoms with Gasteiger partial charge in [-0.25, -0.2) is 0 Å². The molecule has 0 atom stereocenters. The highest BCUT2D eigenvalue weighted by Crippen LogP contribution is 2.30. The third-order valence-electron chi connectivity index (χ3n) is 4.84. The van der Waals surface area contributed by atoms with Crippen molar-refractivity contribution in [3.8, 4) is 11.5 Å². The summed E-state index contributed by atoms with van der Waals surface area (Å²) in [6, 6.07) is 15.4. The number of nitrogens with zero attached hydrogens (tertiary/aromatic N) is 2. The molecule has 0 heterocycles. The third kappa shape index (κ3) is 9.41. The van der Waals surface area contributed by atoms with Gasteiger partial charge in [0, 0.05) is 37.6 Å². The summed E-state index contributed by atoms with van der Waals surface area (Å²) < 4.78 is 11.1. The number of hydrogen-bond donors (Lipinski definition) is 2. The number of carbonyl (C=O) groups excluding carboxylic acids is 2. The van der Waals surface area contributed by atoms with Crippen LogP contribution in [0.1, 0.15) is 20.3 Å². The summed E-state index contributed by atoms with van der Waals surface area (Å²) in [6.45, 7) is 6.50. The number of likely N-dealkylation sites (N-methyl/N-ethyl adjacent to an activating group) is 1. The predicted octanol–water partition coefficient (Wildman–Crippen LogP) is 3.00. The fourth-order valence-corrected chi connectivity index (χ4v) is 3.29. The second-order valence-corrected chi connectivity index (χ2v) is 7.71. The third-order valence-corrected chi connectivity index (χ3v) is 4.84. The molecule has 0 aromatic heterocycles. The molecule has 180 valence electrons. The van der Waals surface area contributed by atoms with Crippen LogP contribution in [0.2, 0.25) is 0 Å². The van der Waals surface area contributed by atoms with E-state index >= 15 is 0 Å². The zero-order valence-corrected chi connectivity index (χ0v) is 20.1. The maximum absolute atomic E-state index is 12.4. The Labute approximate surface area is 196 Å². The highest BCUT2D eigenvalue weighted by Gasteiger charge is 2.13. The van der Waals surface area contributed by atoms with Crippen LogP contribution in [0.5, 0.6) is 11.5 Å². The van der Waals surface area contributed by atoms with Crippen LogP contribution in [0.3, 0.4) is 0 Å². The standard InChI is InChI=1S/C25H36N4O4/c1-5-32-22-14-13-20(17-23(22)33-6-2)27-25(31)19-28(3)18-24(30)26-15-10-16-29(4)21-11-8-7-9-12-21/h7-9,11-14,17H,5-6,10,15-16,18-19H2,1-4H3,(H,26,30)(H,27,31). The molecule has 0 saturated heterocycles. The first-order chi connectivity index (χ1) is 15.9. The molecular formula is C25H36N4O4. The summed E-state index contributed by atoms with van der Waals surface area (Å²) in [5.41, 5.74) is 1.77. The van der Waals surface area contributed by atoms with Gasteiger partial charge in [0.2, 0.25) is 11.8 Å². The van der Waals surface area contributed by atoms with Crippen LogP contribution >= 0.6 is 0 Å². The van der Waals surface area contributed by atoms with Gasteiger partial charge in [0.05, 0.1) is 26.3 Å². The van der Waals surface area contributed by atoms with E-state index in [1.165, 1.54) is 0 Å². The maximum atomic E-state index is 12.4. The Morgan fingerprint density at radius 2 is 1.55 bits per heavy atom. The van der Waals surface area contributed by atoms with Crippen LogP contribution in [0.4, 0.5) is 11.4 Å². The molecule has 0 aliphatic rings. The molecule has 33 heavy (non-hydrogen) atoms. The smallest absolute Gasteiger partial charge is 0.238 e. The van der Waals surface area contributed by atoms with E-state index in [0.29, 0.717) is 36.9 Å². The summed E-state index contributed by atoms with van der Waals surface area (Å²) in [5.74, 6) is 0.914. The number of rotatable bonds is 14. The SMILES string of the molecule is CCOc1ccc(NC(=O)CN(C)CC(=O)NCCCN(C)c2ccccc2)cc1OCC. The number of hydrogen-bond acceptors (Lipinski definition) is 6. The molecule has 0 radical (unpaired) electrons. The molecule has 2 amide bonds. The maximum Gasteiger partial charge on any atom is 0.238 e. The first-order valence-electron chi connectivity index (χ1n) is 11.3. The van der Waals surface area contributed by atoms with Gasteiger partial charge in [0.25, 0.3) is 0 Å². The number of ether oxygens (including phenoxy) is 2. The van der Waals surface area contributed by atoms with E-state index in [1.807, 2.05) is 39.1 Å². The first-order valence-corrected chi connectivity index (χ1v) is 11.3. The number of anilines is 2. The highest BCUT2D eigenvalue weighted by atomic mass is 16.5. The van der Waals surface area contributed by atoms with E-state index in [0.717, 1.165) is 18.7 Å². The lowest BCUT2D eigenvalue weighted by molar-refractivity contribution is -0.122. The van der Waals surface area contributed by atoms with Gasteiger partial charge in [-0.3, -0.25) is 14.5 Å². The normalized spacial score (nSPS) is 10.6. The average molecular weight is 457 g/mol. The van der Waals surface area contributed by atoms with Gasteiger partial charge in [0.1, 0.15) is 0 Å². The van der Waals surface area contributed by atoms with E-state index in [-0.39, 0.29) is 24.9 Å². The lowest BCUT2D eigenvalue weighted by atomic mass is 10.2. The van der Waals surface area contributed by atoms with Gasteiger partial charge in [-0.05, 0) is 51.6 Å². The van der Waals surface area contributed by atoms with Gasteiger partial charge in [-0.15, -0.1) is 0 Å². The zero-order chi connectivity index (χ0) is 24.1. The van der Waals surface area contributed by atoms with Crippen molar-refractivity contribution in [2.75, 3.05) is 63.7 Å². The molecule has 2 N–H and O–H groups in total. The van der Waals surface area contributed by atoms with Crippen molar-refractivity contribution >= 4 is 23.2 Å². The van der Waals surface area contributed by atoms with Crippen LogP contribution < -0.4 is 25.0 Å². The summed E-state index contributed by atoms with van der Waals surface area (Å²) in [4.78, 5) is 28.4. The second kappa shape index (κ2) is 14.0. The average Bonchev–Trinajstić information content (AvgIpc) is 2.79. The monoisotopic (exact) mass is 456 g/mol. The fraction of sp³-hybridized carbons (Fsp3) is 0.440. The molecule has 0 aliphatic carbocycles. The van der Waals surface area contributed by atoms with Crippen molar-refractivity contribution in [2.45, 2.75) is 20.3 Å². The Kier molecular flexibility index (Phi) is 11.0. The van der Waals surface area contributed by atoms with Crippen molar-refractivity contribution in [2.24, 2.45) is 0 Å². The van der Waals surface area contributed by atoms with Crippen molar-refractivity contribution in [3.05, 3.63) is 48.5 Å². The quantitative estimate of drug-likeness (QED) is 0.425. The van der Waals surface area contributed by atoms with Crippen LogP contribution in [-0.2, 0) is 9.59 Å². The Balaban J connectivity index is 1.70. The van der Waals surface area contributed by atoms with E-state index in [9.17, 15) is 9.59 Å². The Morgan fingerprint density at radius 1 is 0.879 bits per heavy atom. The summed E-state index contributed by atoms with van der Waals surface area (Å²) in [6.07, 6.45) is 0.835. The van der Waals surface area contributed by atoms with Gasteiger partial charge in [-0.2, -0.15) is 0 Å². The van der Waals surface area contributed by atoms with E-state index in [2.05, 4.69) is 27.7 Å². The van der Waals surface area contributed by atoms with Gasteiger partial charge in [-0.1, -0.05) is 18.2 Å².